The van der Waals surface area contributed by atoms with Crippen molar-refractivity contribution in [1.29, 1.82) is 0 Å². The molecule has 1 N–H and O–H groups in total. The molecule has 0 aromatic heterocycles. The lowest BCUT2D eigenvalue weighted by Gasteiger charge is -2.36. The number of halogens is 1. The van der Waals surface area contributed by atoms with Gasteiger partial charge < -0.3 is 19.9 Å². The van der Waals surface area contributed by atoms with E-state index in [1.807, 2.05) is 4.90 Å². The van der Waals surface area contributed by atoms with Gasteiger partial charge in [-0.25, -0.2) is 4.79 Å². The zero-order chi connectivity index (χ0) is 17.6. The summed E-state index contributed by atoms with van der Waals surface area (Å²) in [7, 11) is 0. The summed E-state index contributed by atoms with van der Waals surface area (Å²) in [6.07, 6.45) is 0. The van der Waals surface area contributed by atoms with Crippen LogP contribution in [0.3, 0.4) is 0 Å². The quantitative estimate of drug-likeness (QED) is 0.877. The molecular formula is C17H23ClN4O3. The summed E-state index contributed by atoms with van der Waals surface area (Å²) in [4.78, 5) is 30.4. The Kier molecular flexibility index (Phi) is 6.12. The summed E-state index contributed by atoms with van der Waals surface area (Å²) in [6.45, 7) is 5.58. The molecule has 2 aliphatic heterocycles. The van der Waals surface area contributed by atoms with Crippen LogP contribution in [0, 0.1) is 0 Å². The number of hydrogen-bond donors (Lipinski definition) is 1. The number of benzene rings is 1. The number of urea groups is 1. The summed E-state index contributed by atoms with van der Waals surface area (Å²) >= 11 is 5.93. The van der Waals surface area contributed by atoms with Gasteiger partial charge in [0.1, 0.15) is 0 Å². The molecule has 0 bridgehead atoms. The highest BCUT2D eigenvalue weighted by atomic mass is 35.5. The molecule has 1 aromatic rings. The standard InChI is InChI=1S/C17H23ClN4O3/c18-14-2-1-3-15(12-14)19-17(24)22-6-4-21(5-7-22)16(23)13-20-8-10-25-11-9-20/h1-3,12H,4-11,13H2,(H,19,24). The van der Waals surface area contributed by atoms with Gasteiger partial charge in [0.15, 0.2) is 0 Å². The Bertz CT molecular complexity index is 614. The minimum Gasteiger partial charge on any atom is -0.379 e. The van der Waals surface area contributed by atoms with Gasteiger partial charge in [0.05, 0.1) is 19.8 Å². The van der Waals surface area contributed by atoms with Crippen molar-refractivity contribution in [2.75, 3.05) is 64.3 Å². The molecule has 0 spiro atoms. The molecule has 3 amide bonds. The number of nitrogens with zero attached hydrogens (tertiary/aromatic N) is 3. The first-order valence-corrected chi connectivity index (χ1v) is 8.89. The lowest BCUT2D eigenvalue weighted by Crippen LogP contribution is -2.54. The molecule has 2 saturated heterocycles. The van der Waals surface area contributed by atoms with Crippen LogP contribution in [0.25, 0.3) is 0 Å². The van der Waals surface area contributed by atoms with Gasteiger partial charge in [-0.15, -0.1) is 0 Å². The number of amides is 3. The number of morpholine rings is 1. The Labute approximate surface area is 152 Å². The van der Waals surface area contributed by atoms with Crippen molar-refractivity contribution in [3.05, 3.63) is 29.3 Å². The van der Waals surface area contributed by atoms with Crippen LogP contribution in [0.15, 0.2) is 24.3 Å². The Hall–Kier alpha value is -1.83. The van der Waals surface area contributed by atoms with E-state index < -0.39 is 0 Å². The highest BCUT2D eigenvalue weighted by Gasteiger charge is 2.25. The summed E-state index contributed by atoms with van der Waals surface area (Å²) < 4.78 is 5.30. The van der Waals surface area contributed by atoms with Crippen LogP contribution in [0.2, 0.25) is 5.02 Å². The van der Waals surface area contributed by atoms with Gasteiger partial charge >= 0.3 is 6.03 Å². The first-order chi connectivity index (χ1) is 12.1. The van der Waals surface area contributed by atoms with Crippen LogP contribution >= 0.6 is 11.6 Å². The van der Waals surface area contributed by atoms with E-state index in [-0.39, 0.29) is 11.9 Å². The summed E-state index contributed by atoms with van der Waals surface area (Å²) in [5, 5.41) is 3.42. The monoisotopic (exact) mass is 366 g/mol. The van der Waals surface area contributed by atoms with Crippen molar-refractivity contribution in [3.63, 3.8) is 0 Å². The number of hydrogen-bond acceptors (Lipinski definition) is 4. The van der Waals surface area contributed by atoms with Gasteiger partial charge in [0.25, 0.3) is 0 Å². The Morgan fingerprint density at radius 2 is 1.72 bits per heavy atom. The maximum Gasteiger partial charge on any atom is 0.321 e. The summed E-state index contributed by atoms with van der Waals surface area (Å²) in [6, 6.07) is 6.89. The molecular weight excluding hydrogens is 344 g/mol. The highest BCUT2D eigenvalue weighted by molar-refractivity contribution is 6.30. The molecule has 136 valence electrons. The maximum atomic E-state index is 12.4. The molecule has 2 fully saturated rings. The molecule has 0 aliphatic carbocycles. The summed E-state index contributed by atoms with van der Waals surface area (Å²) in [5.41, 5.74) is 0.670. The van der Waals surface area contributed by atoms with Crippen LogP contribution in [0.5, 0.6) is 0 Å². The third kappa shape index (κ3) is 5.07. The number of anilines is 1. The van der Waals surface area contributed by atoms with Gasteiger partial charge in [-0.2, -0.15) is 0 Å². The molecule has 2 heterocycles. The van der Waals surface area contributed by atoms with Crippen molar-refractivity contribution in [3.8, 4) is 0 Å². The number of rotatable bonds is 3. The second kappa shape index (κ2) is 8.51. The second-order valence-corrected chi connectivity index (χ2v) is 6.63. The van der Waals surface area contributed by atoms with Crippen molar-refractivity contribution < 1.29 is 14.3 Å². The van der Waals surface area contributed by atoms with Gasteiger partial charge in [-0.3, -0.25) is 9.69 Å². The molecule has 8 heteroatoms. The first kappa shape index (κ1) is 18.0. The average Bonchev–Trinajstić information content (AvgIpc) is 2.62. The largest absolute Gasteiger partial charge is 0.379 e. The fourth-order valence-electron chi connectivity index (χ4n) is 2.98. The van der Waals surface area contributed by atoms with E-state index in [0.717, 1.165) is 13.1 Å². The van der Waals surface area contributed by atoms with Crippen molar-refractivity contribution in [1.82, 2.24) is 14.7 Å². The third-order valence-corrected chi connectivity index (χ3v) is 4.69. The van der Waals surface area contributed by atoms with Crippen LogP contribution < -0.4 is 5.32 Å². The molecule has 0 unspecified atom stereocenters. The SMILES string of the molecule is O=C(CN1CCOCC1)N1CCN(C(=O)Nc2cccc(Cl)c2)CC1. The van der Waals surface area contributed by atoms with Crippen molar-refractivity contribution >= 4 is 29.2 Å². The number of carbonyl (C=O) groups excluding carboxylic acids is 2. The van der Waals surface area contributed by atoms with Gasteiger partial charge in [0.2, 0.25) is 5.91 Å². The van der Waals surface area contributed by atoms with Crippen molar-refractivity contribution in [2.45, 2.75) is 0 Å². The number of nitrogens with one attached hydrogen (secondary N) is 1. The second-order valence-electron chi connectivity index (χ2n) is 6.20. The molecule has 0 atom stereocenters. The van der Waals surface area contributed by atoms with E-state index in [4.69, 9.17) is 16.3 Å². The molecule has 3 rings (SSSR count). The topological polar surface area (TPSA) is 65.1 Å². The normalized spacial score (nSPS) is 18.9. The van der Waals surface area contributed by atoms with E-state index in [1.54, 1.807) is 29.2 Å². The minimum absolute atomic E-state index is 0.122. The predicted octanol–water partition coefficient (Wildman–Crippen LogP) is 1.35. The zero-order valence-electron chi connectivity index (χ0n) is 14.1. The number of piperazine rings is 1. The molecule has 7 nitrogen and oxygen atoms in total. The first-order valence-electron chi connectivity index (χ1n) is 8.51. The van der Waals surface area contributed by atoms with Gasteiger partial charge in [0, 0.05) is 50.0 Å². The smallest absolute Gasteiger partial charge is 0.321 e. The van der Waals surface area contributed by atoms with Gasteiger partial charge in [-0.05, 0) is 18.2 Å². The number of ether oxygens (including phenoxy) is 1. The van der Waals surface area contributed by atoms with Crippen molar-refractivity contribution in [2.24, 2.45) is 0 Å². The molecule has 25 heavy (non-hydrogen) atoms. The minimum atomic E-state index is -0.164. The molecule has 2 aliphatic rings. The Morgan fingerprint density at radius 1 is 1.04 bits per heavy atom. The zero-order valence-corrected chi connectivity index (χ0v) is 14.9. The van der Waals surface area contributed by atoms with Crippen LogP contribution in [-0.2, 0) is 9.53 Å². The van der Waals surface area contributed by atoms with Gasteiger partial charge in [-0.1, -0.05) is 17.7 Å². The van der Waals surface area contributed by atoms with E-state index in [0.29, 0.717) is 56.6 Å². The lowest BCUT2D eigenvalue weighted by atomic mass is 10.3. The van der Waals surface area contributed by atoms with Crippen LogP contribution in [-0.4, -0.2) is 85.7 Å². The van der Waals surface area contributed by atoms with Crippen LogP contribution in [0.4, 0.5) is 10.5 Å². The Balaban J connectivity index is 1.44. The fraction of sp³-hybridized carbons (Fsp3) is 0.529. The number of carbonyl (C=O) groups is 2. The maximum absolute atomic E-state index is 12.4. The third-order valence-electron chi connectivity index (χ3n) is 4.46. The molecule has 0 radical (unpaired) electrons. The van der Waals surface area contributed by atoms with E-state index in [9.17, 15) is 9.59 Å². The molecule has 0 saturated carbocycles. The van der Waals surface area contributed by atoms with E-state index in [1.165, 1.54) is 0 Å². The highest BCUT2D eigenvalue weighted by Crippen LogP contribution is 2.16. The summed E-state index contributed by atoms with van der Waals surface area (Å²) in [5.74, 6) is 0.122. The lowest BCUT2D eigenvalue weighted by molar-refractivity contribution is -0.134. The van der Waals surface area contributed by atoms with Crippen LogP contribution in [0.1, 0.15) is 0 Å². The Morgan fingerprint density at radius 3 is 2.40 bits per heavy atom. The van der Waals surface area contributed by atoms with E-state index >= 15 is 0 Å². The van der Waals surface area contributed by atoms with E-state index in [2.05, 4.69) is 10.2 Å². The average molecular weight is 367 g/mol. The predicted molar refractivity (Wildman–Crippen MR) is 95.9 cm³/mol. The fourth-order valence-corrected chi connectivity index (χ4v) is 3.17. The molecule has 1 aromatic carbocycles.